The number of benzene rings is 1. The van der Waals surface area contributed by atoms with Crippen molar-refractivity contribution < 1.29 is 0 Å². The van der Waals surface area contributed by atoms with Gasteiger partial charge in [-0.05, 0) is 35.4 Å². The van der Waals surface area contributed by atoms with Crippen molar-refractivity contribution in [2.75, 3.05) is 5.33 Å². The number of halogens is 2. The van der Waals surface area contributed by atoms with Crippen LogP contribution in [0.3, 0.4) is 0 Å². The summed E-state index contributed by atoms with van der Waals surface area (Å²) in [4.78, 5) is 0. The van der Waals surface area contributed by atoms with Crippen molar-refractivity contribution in [3.8, 4) is 0 Å². The predicted molar refractivity (Wildman–Crippen MR) is 71.9 cm³/mol. The van der Waals surface area contributed by atoms with Crippen LogP contribution in [0.2, 0.25) is 5.02 Å². The fourth-order valence-corrected chi connectivity index (χ4v) is 2.82. The Morgan fingerprint density at radius 1 is 1.20 bits per heavy atom. The predicted octanol–water partition coefficient (Wildman–Crippen LogP) is 4.94. The zero-order valence-electron chi connectivity index (χ0n) is 9.56. The van der Waals surface area contributed by atoms with E-state index in [0.29, 0.717) is 11.3 Å². The van der Waals surface area contributed by atoms with Crippen molar-refractivity contribution in [1.29, 1.82) is 0 Å². The third kappa shape index (κ3) is 4.16. The largest absolute Gasteiger partial charge is 0.0925 e. The lowest BCUT2D eigenvalue weighted by Crippen LogP contribution is -2.23. The highest BCUT2D eigenvalue weighted by Crippen LogP contribution is 2.30. The van der Waals surface area contributed by atoms with Crippen molar-refractivity contribution in [2.24, 2.45) is 11.3 Å². The van der Waals surface area contributed by atoms with Gasteiger partial charge in [0.05, 0.1) is 0 Å². The zero-order valence-corrected chi connectivity index (χ0v) is 11.9. The van der Waals surface area contributed by atoms with E-state index in [-0.39, 0.29) is 0 Å². The smallest absolute Gasteiger partial charge is 0.0406 e. The molecule has 0 saturated carbocycles. The number of hydrogen-bond acceptors (Lipinski definition) is 0. The highest BCUT2D eigenvalue weighted by molar-refractivity contribution is 9.09. The van der Waals surface area contributed by atoms with Crippen LogP contribution in [0.4, 0.5) is 0 Å². The molecule has 0 heterocycles. The summed E-state index contributed by atoms with van der Waals surface area (Å²) in [6.07, 6.45) is 1.10. The Balaban J connectivity index is 2.71. The van der Waals surface area contributed by atoms with Crippen LogP contribution in [0, 0.1) is 11.3 Å². The summed E-state index contributed by atoms with van der Waals surface area (Å²) in [6.45, 7) is 6.86. The molecule has 0 bridgehead atoms. The molecule has 0 fully saturated rings. The van der Waals surface area contributed by atoms with Gasteiger partial charge in [-0.3, -0.25) is 0 Å². The first-order chi connectivity index (χ1) is 6.93. The minimum Gasteiger partial charge on any atom is -0.0925 e. The molecule has 0 saturated heterocycles. The topological polar surface area (TPSA) is 0 Å². The Morgan fingerprint density at radius 2 is 1.73 bits per heavy atom. The molecular weight excluding hydrogens is 272 g/mol. The second-order valence-corrected chi connectivity index (χ2v) is 6.13. The van der Waals surface area contributed by atoms with Gasteiger partial charge in [-0.2, -0.15) is 0 Å². The van der Waals surface area contributed by atoms with Gasteiger partial charge in [0.15, 0.2) is 0 Å². The fraction of sp³-hybridized carbons (Fsp3) is 0.538. The van der Waals surface area contributed by atoms with E-state index in [4.69, 9.17) is 11.6 Å². The van der Waals surface area contributed by atoms with Gasteiger partial charge in [0.25, 0.3) is 0 Å². The van der Waals surface area contributed by atoms with Gasteiger partial charge in [-0.25, -0.2) is 0 Å². The van der Waals surface area contributed by atoms with Crippen LogP contribution >= 0.6 is 27.5 Å². The first kappa shape index (κ1) is 13.1. The Bertz CT molecular complexity index is 297. The number of hydrogen-bond donors (Lipinski definition) is 0. The summed E-state index contributed by atoms with van der Waals surface area (Å²) in [7, 11) is 0. The molecule has 1 rings (SSSR count). The second kappa shape index (κ2) is 5.36. The van der Waals surface area contributed by atoms with E-state index in [0.717, 1.165) is 16.8 Å². The molecule has 1 atom stereocenters. The van der Waals surface area contributed by atoms with Gasteiger partial charge in [0.2, 0.25) is 0 Å². The lowest BCUT2D eigenvalue weighted by molar-refractivity contribution is 0.267. The maximum absolute atomic E-state index is 5.86. The molecule has 0 spiro atoms. The molecule has 0 nitrogen and oxygen atoms in total. The fourth-order valence-electron chi connectivity index (χ4n) is 1.50. The van der Waals surface area contributed by atoms with E-state index in [1.165, 1.54) is 5.56 Å². The van der Waals surface area contributed by atoms with E-state index in [1.54, 1.807) is 0 Å². The van der Waals surface area contributed by atoms with Gasteiger partial charge in [0, 0.05) is 10.4 Å². The zero-order chi connectivity index (χ0) is 11.5. The van der Waals surface area contributed by atoms with Crippen molar-refractivity contribution in [2.45, 2.75) is 27.2 Å². The Labute approximate surface area is 106 Å². The lowest BCUT2D eigenvalue weighted by atomic mass is 9.78. The van der Waals surface area contributed by atoms with Gasteiger partial charge in [0.1, 0.15) is 0 Å². The highest BCUT2D eigenvalue weighted by Gasteiger charge is 2.23. The minimum absolute atomic E-state index is 0.336. The first-order valence-corrected chi connectivity index (χ1v) is 6.74. The summed E-state index contributed by atoms with van der Waals surface area (Å²) < 4.78 is 0. The molecule has 0 aliphatic carbocycles. The van der Waals surface area contributed by atoms with Crippen molar-refractivity contribution in [1.82, 2.24) is 0 Å². The molecule has 1 aromatic carbocycles. The van der Waals surface area contributed by atoms with Crippen LogP contribution < -0.4 is 0 Å². The van der Waals surface area contributed by atoms with Crippen LogP contribution in [-0.2, 0) is 6.42 Å². The molecule has 1 aromatic rings. The van der Waals surface area contributed by atoms with E-state index in [9.17, 15) is 0 Å². The van der Waals surface area contributed by atoms with Crippen molar-refractivity contribution in [3.05, 3.63) is 34.9 Å². The summed E-state index contributed by atoms with van der Waals surface area (Å²) in [5.41, 5.74) is 1.70. The third-order valence-corrected chi connectivity index (χ3v) is 3.84. The molecule has 0 aromatic heterocycles. The quantitative estimate of drug-likeness (QED) is 0.691. The number of alkyl halides is 1. The molecule has 0 amide bonds. The van der Waals surface area contributed by atoms with Crippen molar-refractivity contribution in [3.63, 3.8) is 0 Å². The maximum Gasteiger partial charge on any atom is 0.0406 e. The molecule has 1 unspecified atom stereocenters. The molecule has 0 aliphatic rings. The van der Waals surface area contributed by atoms with E-state index in [2.05, 4.69) is 48.8 Å². The Hall–Kier alpha value is -0.0100. The monoisotopic (exact) mass is 288 g/mol. The molecule has 0 N–H and O–H groups in total. The first-order valence-electron chi connectivity index (χ1n) is 5.24. The van der Waals surface area contributed by atoms with Gasteiger partial charge in [-0.15, -0.1) is 0 Å². The molecule has 0 radical (unpaired) electrons. The summed E-state index contributed by atoms with van der Waals surface area (Å²) in [6, 6.07) is 8.16. The maximum atomic E-state index is 5.86. The lowest BCUT2D eigenvalue weighted by Gasteiger charge is -2.29. The van der Waals surface area contributed by atoms with Gasteiger partial charge >= 0.3 is 0 Å². The van der Waals surface area contributed by atoms with Gasteiger partial charge in [-0.1, -0.05) is 60.4 Å². The normalized spacial score (nSPS) is 13.9. The van der Waals surface area contributed by atoms with Crippen LogP contribution in [0.5, 0.6) is 0 Å². The highest BCUT2D eigenvalue weighted by atomic mass is 79.9. The molecule has 84 valence electrons. The summed E-state index contributed by atoms with van der Waals surface area (Å²) in [5, 5.41) is 1.85. The summed E-state index contributed by atoms with van der Waals surface area (Å²) >= 11 is 9.46. The Kier molecular flexibility index (Phi) is 4.66. The van der Waals surface area contributed by atoms with E-state index < -0.39 is 0 Å². The second-order valence-electron chi connectivity index (χ2n) is 5.05. The van der Waals surface area contributed by atoms with Crippen LogP contribution in [-0.4, -0.2) is 5.33 Å². The Morgan fingerprint density at radius 3 is 2.13 bits per heavy atom. The van der Waals surface area contributed by atoms with E-state index >= 15 is 0 Å². The van der Waals surface area contributed by atoms with Crippen LogP contribution in [0.25, 0.3) is 0 Å². The average molecular weight is 290 g/mol. The van der Waals surface area contributed by atoms with Crippen LogP contribution in [0.1, 0.15) is 26.3 Å². The standard InChI is InChI=1S/C13H18BrCl/c1-13(2,3)11(9-14)8-10-4-6-12(15)7-5-10/h4-7,11H,8-9H2,1-3H3. The van der Waals surface area contributed by atoms with Gasteiger partial charge < -0.3 is 0 Å². The number of rotatable bonds is 3. The molecule has 15 heavy (non-hydrogen) atoms. The van der Waals surface area contributed by atoms with E-state index in [1.807, 2.05) is 12.1 Å². The van der Waals surface area contributed by atoms with Crippen molar-refractivity contribution >= 4 is 27.5 Å². The molecule has 0 aliphatic heterocycles. The average Bonchev–Trinajstić information content (AvgIpc) is 2.15. The molecule has 2 heteroatoms. The SMILES string of the molecule is CC(C)(C)C(CBr)Cc1ccc(Cl)cc1. The third-order valence-electron chi connectivity index (χ3n) is 2.81. The minimum atomic E-state index is 0.336. The summed E-state index contributed by atoms with van der Waals surface area (Å²) in [5.74, 6) is 0.652. The van der Waals surface area contributed by atoms with Crippen LogP contribution in [0.15, 0.2) is 24.3 Å². The molecular formula is C13H18BrCl.